The van der Waals surface area contributed by atoms with Crippen LogP contribution in [0.3, 0.4) is 0 Å². The van der Waals surface area contributed by atoms with Crippen LogP contribution in [0.5, 0.6) is 0 Å². The second kappa shape index (κ2) is 3.37. The molecule has 0 aliphatic carbocycles. The normalized spacial score (nSPS) is 15.0. The zero-order valence-corrected chi connectivity index (χ0v) is 8.62. The molecule has 0 saturated carbocycles. The minimum absolute atomic E-state index is 0.379. The lowest BCUT2D eigenvalue weighted by Crippen LogP contribution is -2.25. The number of benzene rings is 1. The Kier molecular flexibility index (Phi) is 2.20. The smallest absolute Gasteiger partial charge is 0.187 e. The Bertz CT molecular complexity index is 382. The van der Waals surface area contributed by atoms with Crippen molar-refractivity contribution in [3.05, 3.63) is 41.3 Å². The summed E-state index contributed by atoms with van der Waals surface area (Å²) in [6.45, 7) is 4.94. The largest absolute Gasteiger partial charge is 0.495 e. The zero-order chi connectivity index (χ0) is 10.1. The van der Waals surface area contributed by atoms with Crippen LogP contribution >= 0.6 is 0 Å². The van der Waals surface area contributed by atoms with Crippen molar-refractivity contribution in [2.75, 3.05) is 11.4 Å². The molecule has 1 heterocycles. The predicted octanol–water partition coefficient (Wildman–Crippen LogP) is 2.78. The second-order valence-corrected chi connectivity index (χ2v) is 3.64. The first-order valence-corrected chi connectivity index (χ1v) is 4.98. The molecule has 0 amide bonds. The molecule has 0 spiro atoms. The molecule has 2 rings (SSSR count). The Morgan fingerprint density at radius 3 is 2.93 bits per heavy atom. The van der Waals surface area contributed by atoms with E-state index in [-0.39, 0.29) is 0 Å². The topological polar surface area (TPSA) is 23.5 Å². The minimum atomic E-state index is 0.379. The fraction of sp³-hybridized carbons (Fsp3) is 0.333. The molecule has 0 atom stereocenters. The standard InChI is InChI=1S/C12H15NO/c1-3-13-11-6-4-9(2)8-10(11)5-7-12(13)14/h4,6-8,14H,3,5H2,1-2H3. The molecule has 1 aliphatic rings. The van der Waals surface area contributed by atoms with Crippen LogP contribution in [0.15, 0.2) is 30.2 Å². The van der Waals surface area contributed by atoms with Gasteiger partial charge in [0.05, 0.1) is 0 Å². The first kappa shape index (κ1) is 9.13. The van der Waals surface area contributed by atoms with Crippen LogP contribution in [0.4, 0.5) is 5.69 Å². The Labute approximate surface area is 84.5 Å². The monoisotopic (exact) mass is 189 g/mol. The molecule has 1 aromatic rings. The van der Waals surface area contributed by atoms with Gasteiger partial charge in [0.25, 0.3) is 0 Å². The predicted molar refractivity (Wildman–Crippen MR) is 58.6 cm³/mol. The third kappa shape index (κ3) is 1.37. The molecule has 2 heteroatoms. The number of hydrogen-bond donors (Lipinski definition) is 1. The highest BCUT2D eigenvalue weighted by Gasteiger charge is 2.16. The minimum Gasteiger partial charge on any atom is -0.495 e. The average Bonchev–Trinajstić information content (AvgIpc) is 2.18. The molecule has 0 bridgehead atoms. The first-order chi connectivity index (χ1) is 6.72. The van der Waals surface area contributed by atoms with Crippen molar-refractivity contribution < 1.29 is 5.11 Å². The molecule has 1 N–H and O–H groups in total. The van der Waals surface area contributed by atoms with E-state index in [0.29, 0.717) is 5.88 Å². The lowest BCUT2D eigenvalue weighted by Gasteiger charge is -2.28. The number of aliphatic hydroxyl groups is 1. The van der Waals surface area contributed by atoms with E-state index >= 15 is 0 Å². The summed E-state index contributed by atoms with van der Waals surface area (Å²) in [5.41, 5.74) is 3.71. The molecule has 1 aliphatic heterocycles. The third-order valence-electron chi connectivity index (χ3n) is 2.62. The summed E-state index contributed by atoms with van der Waals surface area (Å²) in [6, 6.07) is 6.35. The van der Waals surface area contributed by atoms with Crippen LogP contribution in [0.1, 0.15) is 18.1 Å². The molecule has 0 radical (unpaired) electrons. The van der Waals surface area contributed by atoms with Gasteiger partial charge in [0.1, 0.15) is 0 Å². The van der Waals surface area contributed by atoms with E-state index in [9.17, 15) is 5.11 Å². The molecular weight excluding hydrogens is 174 g/mol. The van der Waals surface area contributed by atoms with Crippen LogP contribution in [-0.4, -0.2) is 11.7 Å². The lowest BCUT2D eigenvalue weighted by atomic mass is 10.0. The highest BCUT2D eigenvalue weighted by atomic mass is 16.3. The molecule has 1 aromatic carbocycles. The summed E-state index contributed by atoms with van der Waals surface area (Å²) >= 11 is 0. The van der Waals surface area contributed by atoms with Crippen LogP contribution in [-0.2, 0) is 6.42 Å². The number of hydrogen-bond acceptors (Lipinski definition) is 2. The molecule has 0 saturated heterocycles. The van der Waals surface area contributed by atoms with E-state index < -0.39 is 0 Å². The van der Waals surface area contributed by atoms with Crippen molar-refractivity contribution in [2.24, 2.45) is 0 Å². The van der Waals surface area contributed by atoms with Crippen molar-refractivity contribution >= 4 is 5.69 Å². The molecule has 0 fully saturated rings. The van der Waals surface area contributed by atoms with Gasteiger partial charge in [-0.3, -0.25) is 0 Å². The van der Waals surface area contributed by atoms with E-state index in [2.05, 4.69) is 25.1 Å². The van der Waals surface area contributed by atoms with Gasteiger partial charge in [-0.1, -0.05) is 17.7 Å². The molecule has 2 nitrogen and oxygen atoms in total. The summed E-state index contributed by atoms with van der Waals surface area (Å²) in [5.74, 6) is 0.379. The highest BCUT2D eigenvalue weighted by molar-refractivity contribution is 5.60. The first-order valence-electron chi connectivity index (χ1n) is 4.98. The molecule has 0 unspecified atom stereocenters. The summed E-state index contributed by atoms with van der Waals surface area (Å²) in [5, 5.41) is 9.67. The van der Waals surface area contributed by atoms with Gasteiger partial charge >= 0.3 is 0 Å². The second-order valence-electron chi connectivity index (χ2n) is 3.64. The van der Waals surface area contributed by atoms with E-state index in [1.807, 2.05) is 17.9 Å². The van der Waals surface area contributed by atoms with Gasteiger partial charge in [-0.05, 0) is 38.0 Å². The van der Waals surface area contributed by atoms with Crippen LogP contribution in [0.25, 0.3) is 0 Å². The summed E-state index contributed by atoms with van der Waals surface area (Å²) in [4.78, 5) is 1.93. The maximum atomic E-state index is 9.67. The number of aliphatic hydroxyl groups excluding tert-OH is 1. The van der Waals surface area contributed by atoms with E-state index in [1.165, 1.54) is 11.1 Å². The molecule has 74 valence electrons. The lowest BCUT2D eigenvalue weighted by molar-refractivity contribution is 0.386. The van der Waals surface area contributed by atoms with Crippen molar-refractivity contribution in [3.8, 4) is 0 Å². The number of allylic oxidation sites excluding steroid dienone is 1. The third-order valence-corrected chi connectivity index (χ3v) is 2.62. The van der Waals surface area contributed by atoms with E-state index in [1.54, 1.807) is 0 Å². The van der Waals surface area contributed by atoms with Crippen LogP contribution in [0.2, 0.25) is 0 Å². The van der Waals surface area contributed by atoms with Gasteiger partial charge in [0, 0.05) is 12.2 Å². The fourth-order valence-electron chi connectivity index (χ4n) is 1.91. The number of fused-ring (bicyclic) bond motifs is 1. The molecular formula is C12H15NO. The Morgan fingerprint density at radius 2 is 2.21 bits per heavy atom. The molecule has 14 heavy (non-hydrogen) atoms. The highest BCUT2D eigenvalue weighted by Crippen LogP contribution is 2.28. The Morgan fingerprint density at radius 1 is 1.43 bits per heavy atom. The number of nitrogens with zero attached hydrogens (tertiary/aromatic N) is 1. The number of aryl methyl sites for hydroxylation is 1. The maximum absolute atomic E-state index is 9.67. The fourth-order valence-corrected chi connectivity index (χ4v) is 1.91. The number of rotatable bonds is 1. The quantitative estimate of drug-likeness (QED) is 0.734. The summed E-state index contributed by atoms with van der Waals surface area (Å²) in [6.07, 6.45) is 2.70. The van der Waals surface area contributed by atoms with Crippen molar-refractivity contribution in [1.82, 2.24) is 0 Å². The average molecular weight is 189 g/mol. The SMILES string of the molecule is CCN1C(O)=CCc2cc(C)ccc21. The Hall–Kier alpha value is -1.44. The van der Waals surface area contributed by atoms with E-state index in [0.717, 1.165) is 18.7 Å². The Balaban J connectivity index is 2.47. The van der Waals surface area contributed by atoms with Gasteiger partial charge in [-0.25, -0.2) is 0 Å². The summed E-state index contributed by atoms with van der Waals surface area (Å²) < 4.78 is 0. The number of anilines is 1. The zero-order valence-electron chi connectivity index (χ0n) is 8.62. The van der Waals surface area contributed by atoms with Crippen LogP contribution in [0, 0.1) is 6.92 Å². The van der Waals surface area contributed by atoms with Gasteiger partial charge in [0.2, 0.25) is 0 Å². The van der Waals surface area contributed by atoms with Crippen molar-refractivity contribution in [1.29, 1.82) is 0 Å². The van der Waals surface area contributed by atoms with Crippen LogP contribution < -0.4 is 4.90 Å². The van der Waals surface area contributed by atoms with Gasteiger partial charge in [-0.15, -0.1) is 0 Å². The van der Waals surface area contributed by atoms with Crippen molar-refractivity contribution in [3.63, 3.8) is 0 Å². The maximum Gasteiger partial charge on any atom is 0.187 e. The van der Waals surface area contributed by atoms with Gasteiger partial charge in [0.15, 0.2) is 5.88 Å². The summed E-state index contributed by atoms with van der Waals surface area (Å²) in [7, 11) is 0. The molecule has 0 aromatic heterocycles. The van der Waals surface area contributed by atoms with Gasteiger partial charge < -0.3 is 10.0 Å². The van der Waals surface area contributed by atoms with Crippen molar-refractivity contribution in [2.45, 2.75) is 20.3 Å². The van der Waals surface area contributed by atoms with Gasteiger partial charge in [-0.2, -0.15) is 0 Å². The van der Waals surface area contributed by atoms with E-state index in [4.69, 9.17) is 0 Å².